The van der Waals surface area contributed by atoms with E-state index < -0.39 is 0 Å². The van der Waals surface area contributed by atoms with Crippen LogP contribution >= 0.6 is 11.6 Å². The topological polar surface area (TPSA) is 17.1 Å². The van der Waals surface area contributed by atoms with Crippen LogP contribution in [0.4, 0.5) is 0 Å². The molecular formula is C16H21ClO. The fraction of sp³-hybridized carbons (Fsp3) is 0.562. The molecule has 1 aliphatic rings. The van der Waals surface area contributed by atoms with Crippen LogP contribution < -0.4 is 0 Å². The Hall–Kier alpha value is -0.820. The van der Waals surface area contributed by atoms with Gasteiger partial charge in [-0.25, -0.2) is 0 Å². The molecule has 2 heteroatoms. The van der Waals surface area contributed by atoms with E-state index in [0.29, 0.717) is 12.3 Å². The second kappa shape index (κ2) is 6.38. The van der Waals surface area contributed by atoms with E-state index in [2.05, 4.69) is 18.2 Å². The molecule has 0 aromatic heterocycles. The summed E-state index contributed by atoms with van der Waals surface area (Å²) in [6.07, 6.45) is 7.98. The summed E-state index contributed by atoms with van der Waals surface area (Å²) in [5.41, 5.74) is 2.48. The molecule has 18 heavy (non-hydrogen) atoms. The van der Waals surface area contributed by atoms with Crippen LogP contribution in [0.25, 0.3) is 0 Å². The number of benzene rings is 1. The Morgan fingerprint density at radius 3 is 2.61 bits per heavy atom. The second-order valence-corrected chi connectivity index (χ2v) is 5.80. The van der Waals surface area contributed by atoms with Crippen LogP contribution in [-0.4, -0.2) is 5.78 Å². The van der Waals surface area contributed by atoms with E-state index in [9.17, 15) is 4.79 Å². The van der Waals surface area contributed by atoms with E-state index >= 15 is 0 Å². The molecular weight excluding hydrogens is 244 g/mol. The summed E-state index contributed by atoms with van der Waals surface area (Å²) in [7, 11) is 0. The van der Waals surface area contributed by atoms with Gasteiger partial charge < -0.3 is 4.79 Å². The highest BCUT2D eigenvalue weighted by Gasteiger charge is 2.17. The van der Waals surface area contributed by atoms with E-state index in [1.54, 1.807) is 6.92 Å². The molecule has 0 atom stereocenters. The minimum absolute atomic E-state index is 0.238. The molecule has 0 aliphatic heterocycles. The van der Waals surface area contributed by atoms with Crippen molar-refractivity contribution in [2.45, 2.75) is 57.8 Å². The van der Waals surface area contributed by atoms with Crippen LogP contribution in [0, 0.1) is 0 Å². The van der Waals surface area contributed by atoms with E-state index in [1.165, 1.54) is 43.2 Å². The Labute approximate surface area is 115 Å². The number of aryl methyl sites for hydroxylation is 1. The first-order chi connectivity index (χ1) is 8.66. The third kappa shape index (κ3) is 3.58. The fourth-order valence-corrected chi connectivity index (χ4v) is 3.15. The fourth-order valence-electron chi connectivity index (χ4n) is 2.79. The molecule has 0 spiro atoms. The Morgan fingerprint density at radius 2 is 2.00 bits per heavy atom. The second-order valence-electron chi connectivity index (χ2n) is 5.39. The van der Waals surface area contributed by atoms with Crippen molar-refractivity contribution >= 4 is 17.4 Å². The Balaban J connectivity index is 2.06. The van der Waals surface area contributed by atoms with Gasteiger partial charge in [0.1, 0.15) is 5.78 Å². The van der Waals surface area contributed by atoms with Crippen molar-refractivity contribution in [2.75, 3.05) is 0 Å². The molecule has 0 N–H and O–H groups in total. The third-order valence-electron chi connectivity index (χ3n) is 3.88. The molecule has 0 unspecified atom stereocenters. The van der Waals surface area contributed by atoms with Crippen LogP contribution in [-0.2, 0) is 11.2 Å². The van der Waals surface area contributed by atoms with E-state index in [4.69, 9.17) is 11.6 Å². The highest BCUT2D eigenvalue weighted by molar-refractivity contribution is 6.31. The Kier molecular flexibility index (Phi) is 4.82. The summed E-state index contributed by atoms with van der Waals surface area (Å²) < 4.78 is 0. The predicted octanol–water partition coefficient (Wildman–Crippen LogP) is 4.91. The lowest BCUT2D eigenvalue weighted by Gasteiger charge is -2.23. The summed E-state index contributed by atoms with van der Waals surface area (Å²) in [6.45, 7) is 1.64. The van der Waals surface area contributed by atoms with Crippen LogP contribution in [0.5, 0.6) is 0 Å². The van der Waals surface area contributed by atoms with Crippen molar-refractivity contribution in [2.24, 2.45) is 0 Å². The van der Waals surface area contributed by atoms with Crippen molar-refractivity contribution in [3.05, 3.63) is 34.3 Å². The summed E-state index contributed by atoms with van der Waals surface area (Å²) in [6, 6.07) is 6.36. The molecule has 1 fully saturated rings. The minimum Gasteiger partial charge on any atom is -0.300 e. The number of hydrogen-bond donors (Lipinski definition) is 0. The maximum absolute atomic E-state index is 11.0. The zero-order valence-electron chi connectivity index (χ0n) is 11.0. The first kappa shape index (κ1) is 13.6. The predicted molar refractivity (Wildman–Crippen MR) is 76.3 cm³/mol. The molecule has 1 aromatic rings. The molecule has 1 saturated carbocycles. The summed E-state index contributed by atoms with van der Waals surface area (Å²) in [5.74, 6) is 0.885. The molecule has 0 bridgehead atoms. The highest BCUT2D eigenvalue weighted by atomic mass is 35.5. The summed E-state index contributed by atoms with van der Waals surface area (Å²) in [4.78, 5) is 11.0. The molecule has 1 nitrogen and oxygen atoms in total. The maximum Gasteiger partial charge on any atom is 0.130 e. The number of ketones is 1. The monoisotopic (exact) mass is 264 g/mol. The molecule has 1 aliphatic carbocycles. The first-order valence-corrected chi connectivity index (χ1v) is 7.32. The van der Waals surface area contributed by atoms with Gasteiger partial charge in [-0.1, -0.05) is 43.0 Å². The van der Waals surface area contributed by atoms with Gasteiger partial charge in [-0.05, 0) is 49.3 Å². The lowest BCUT2D eigenvalue weighted by atomic mass is 9.83. The quantitative estimate of drug-likeness (QED) is 0.755. The van der Waals surface area contributed by atoms with E-state index in [0.717, 1.165) is 11.4 Å². The molecule has 0 amide bonds. The zero-order chi connectivity index (χ0) is 13.0. The van der Waals surface area contributed by atoms with Crippen molar-refractivity contribution in [1.82, 2.24) is 0 Å². The van der Waals surface area contributed by atoms with Gasteiger partial charge in [0.05, 0.1) is 0 Å². The van der Waals surface area contributed by atoms with Crippen molar-refractivity contribution in [1.29, 1.82) is 0 Å². The number of carbonyl (C=O) groups is 1. The molecule has 1 aromatic carbocycles. The SMILES string of the molecule is CC(=O)CCc1ccc(C2CCCCC2)c(Cl)c1. The average molecular weight is 265 g/mol. The average Bonchev–Trinajstić information content (AvgIpc) is 2.37. The van der Waals surface area contributed by atoms with Gasteiger partial charge in [-0.3, -0.25) is 0 Å². The standard InChI is InChI=1S/C16H21ClO/c1-12(18)7-8-13-9-10-15(16(17)11-13)14-5-3-2-4-6-14/h9-11,14H,2-8H2,1H3. The van der Waals surface area contributed by atoms with Gasteiger partial charge in [-0.2, -0.15) is 0 Å². The number of halogens is 1. The summed E-state index contributed by atoms with van der Waals surface area (Å²) in [5, 5.41) is 0.892. The van der Waals surface area contributed by atoms with Crippen molar-refractivity contribution < 1.29 is 4.79 Å². The largest absolute Gasteiger partial charge is 0.300 e. The number of hydrogen-bond acceptors (Lipinski definition) is 1. The molecule has 98 valence electrons. The zero-order valence-corrected chi connectivity index (χ0v) is 11.8. The van der Waals surface area contributed by atoms with Crippen LogP contribution in [0.2, 0.25) is 5.02 Å². The molecule has 0 radical (unpaired) electrons. The highest BCUT2D eigenvalue weighted by Crippen LogP contribution is 2.36. The Bertz CT molecular complexity index is 419. The summed E-state index contributed by atoms with van der Waals surface area (Å²) >= 11 is 6.39. The maximum atomic E-state index is 11.0. The lowest BCUT2D eigenvalue weighted by Crippen LogP contribution is -2.05. The number of rotatable bonds is 4. The Morgan fingerprint density at radius 1 is 1.28 bits per heavy atom. The first-order valence-electron chi connectivity index (χ1n) is 6.94. The minimum atomic E-state index is 0.238. The number of Topliss-reactive ketones (excluding diaryl/α,β-unsaturated/α-hetero) is 1. The van der Waals surface area contributed by atoms with Gasteiger partial charge in [0, 0.05) is 11.4 Å². The molecule has 0 saturated heterocycles. The van der Waals surface area contributed by atoms with Gasteiger partial charge in [0.2, 0.25) is 0 Å². The van der Waals surface area contributed by atoms with Crippen molar-refractivity contribution in [3.63, 3.8) is 0 Å². The van der Waals surface area contributed by atoms with Gasteiger partial charge in [-0.15, -0.1) is 0 Å². The molecule has 2 rings (SSSR count). The van der Waals surface area contributed by atoms with Gasteiger partial charge in [0.15, 0.2) is 0 Å². The van der Waals surface area contributed by atoms with Crippen molar-refractivity contribution in [3.8, 4) is 0 Å². The lowest BCUT2D eigenvalue weighted by molar-refractivity contribution is -0.116. The van der Waals surface area contributed by atoms with Crippen LogP contribution in [0.15, 0.2) is 18.2 Å². The van der Waals surface area contributed by atoms with E-state index in [1.807, 2.05) is 0 Å². The smallest absolute Gasteiger partial charge is 0.130 e. The van der Waals surface area contributed by atoms with Crippen LogP contribution in [0.1, 0.15) is 62.5 Å². The normalized spacial score (nSPS) is 16.8. The van der Waals surface area contributed by atoms with Gasteiger partial charge >= 0.3 is 0 Å². The third-order valence-corrected chi connectivity index (χ3v) is 4.20. The molecule has 0 heterocycles. The van der Waals surface area contributed by atoms with Gasteiger partial charge in [0.25, 0.3) is 0 Å². The number of carbonyl (C=O) groups excluding carboxylic acids is 1. The van der Waals surface area contributed by atoms with Crippen LogP contribution in [0.3, 0.4) is 0 Å². The van der Waals surface area contributed by atoms with E-state index in [-0.39, 0.29) is 5.78 Å².